The number of pyridine rings is 1. The van der Waals surface area contributed by atoms with Crippen LogP contribution in [0.25, 0.3) is 10.6 Å². The number of aromatic nitrogens is 3. The van der Waals surface area contributed by atoms with E-state index < -0.39 is 0 Å². The minimum Gasteiger partial charge on any atom is -0.274 e. The molecule has 0 aliphatic heterocycles. The number of nitrogens with zero attached hydrogens (tertiary/aromatic N) is 3. The monoisotopic (exact) mass is 192 g/mol. The molecule has 2 rings (SSSR count). The lowest BCUT2D eigenvalue weighted by molar-refractivity contribution is 0.722. The summed E-state index contributed by atoms with van der Waals surface area (Å²) in [5, 5.41) is 12.5. The number of hydrogen-bond acceptors (Lipinski definition) is 4. The molecule has 4 nitrogen and oxygen atoms in total. The first-order valence-electron chi connectivity index (χ1n) is 3.76. The third-order valence-corrected chi connectivity index (χ3v) is 2.60. The molecule has 0 atom stereocenters. The van der Waals surface area contributed by atoms with Crippen LogP contribution >= 0.6 is 11.3 Å². The van der Waals surface area contributed by atoms with E-state index in [1.165, 1.54) is 11.3 Å². The van der Waals surface area contributed by atoms with Gasteiger partial charge in [0.1, 0.15) is 5.01 Å². The molecular formula is C8H8N4S. The Morgan fingerprint density at radius 2 is 2.38 bits per heavy atom. The standard InChI is InChI=1S/C8H8N4S/c1-12-8(9)13-7(11-12)6-3-2-4-10-5-6/h2-5,9H,1H3. The summed E-state index contributed by atoms with van der Waals surface area (Å²) < 4.78 is 1.55. The van der Waals surface area contributed by atoms with Crippen molar-refractivity contribution >= 4 is 11.3 Å². The van der Waals surface area contributed by atoms with Gasteiger partial charge in [0, 0.05) is 25.0 Å². The molecule has 66 valence electrons. The average Bonchev–Trinajstić information content (AvgIpc) is 2.49. The van der Waals surface area contributed by atoms with Gasteiger partial charge < -0.3 is 0 Å². The fourth-order valence-electron chi connectivity index (χ4n) is 0.966. The van der Waals surface area contributed by atoms with Crippen LogP contribution in [0, 0.1) is 5.41 Å². The van der Waals surface area contributed by atoms with Gasteiger partial charge in [-0.2, -0.15) is 5.10 Å². The first-order valence-corrected chi connectivity index (χ1v) is 4.58. The smallest absolute Gasteiger partial charge is 0.200 e. The zero-order chi connectivity index (χ0) is 9.26. The lowest BCUT2D eigenvalue weighted by Crippen LogP contribution is -2.08. The van der Waals surface area contributed by atoms with Crippen LogP contribution < -0.4 is 4.80 Å². The number of nitrogens with one attached hydrogen (secondary N) is 1. The van der Waals surface area contributed by atoms with Crippen molar-refractivity contribution < 1.29 is 0 Å². The zero-order valence-electron chi connectivity index (χ0n) is 7.06. The molecule has 0 bridgehead atoms. The SMILES string of the molecule is Cn1nc(-c2cccnc2)sc1=N. The van der Waals surface area contributed by atoms with Crippen molar-refractivity contribution in [1.82, 2.24) is 14.8 Å². The topological polar surface area (TPSA) is 54.6 Å². The van der Waals surface area contributed by atoms with Gasteiger partial charge in [0.05, 0.1) is 0 Å². The summed E-state index contributed by atoms with van der Waals surface area (Å²) in [4.78, 5) is 4.44. The molecule has 0 aliphatic rings. The normalized spacial score (nSPS) is 10.2. The van der Waals surface area contributed by atoms with Gasteiger partial charge in [0.15, 0.2) is 4.80 Å². The van der Waals surface area contributed by atoms with E-state index in [-0.39, 0.29) is 0 Å². The number of hydrogen-bond donors (Lipinski definition) is 1. The second-order valence-electron chi connectivity index (χ2n) is 2.58. The van der Waals surface area contributed by atoms with E-state index in [2.05, 4.69) is 10.1 Å². The second-order valence-corrected chi connectivity index (χ2v) is 3.56. The molecule has 0 aromatic carbocycles. The predicted octanol–water partition coefficient (Wildman–Crippen LogP) is 1.02. The molecule has 2 heterocycles. The lowest BCUT2D eigenvalue weighted by Gasteiger charge is -1.91. The molecule has 2 aromatic heterocycles. The molecule has 0 amide bonds. The van der Waals surface area contributed by atoms with Gasteiger partial charge in [0.25, 0.3) is 0 Å². The van der Waals surface area contributed by atoms with Crippen LogP contribution in [0.1, 0.15) is 0 Å². The Morgan fingerprint density at radius 1 is 1.54 bits per heavy atom. The van der Waals surface area contributed by atoms with Crippen LogP contribution in [-0.2, 0) is 7.05 Å². The van der Waals surface area contributed by atoms with Crippen LogP contribution in [0.4, 0.5) is 0 Å². The highest BCUT2D eigenvalue weighted by Crippen LogP contribution is 2.16. The average molecular weight is 192 g/mol. The van der Waals surface area contributed by atoms with E-state index >= 15 is 0 Å². The zero-order valence-corrected chi connectivity index (χ0v) is 7.88. The van der Waals surface area contributed by atoms with Crippen LogP contribution in [0.3, 0.4) is 0 Å². The lowest BCUT2D eigenvalue weighted by atomic mass is 10.3. The van der Waals surface area contributed by atoms with Crippen molar-refractivity contribution in [2.75, 3.05) is 0 Å². The highest BCUT2D eigenvalue weighted by atomic mass is 32.1. The van der Waals surface area contributed by atoms with Crippen molar-refractivity contribution in [2.24, 2.45) is 7.05 Å². The van der Waals surface area contributed by atoms with Crippen molar-refractivity contribution in [1.29, 1.82) is 5.41 Å². The Bertz CT molecular complexity index is 456. The molecule has 5 heteroatoms. The highest BCUT2D eigenvalue weighted by molar-refractivity contribution is 7.12. The predicted molar refractivity (Wildman–Crippen MR) is 50.2 cm³/mol. The molecule has 0 radical (unpaired) electrons. The van der Waals surface area contributed by atoms with E-state index in [1.54, 1.807) is 24.1 Å². The largest absolute Gasteiger partial charge is 0.274 e. The van der Waals surface area contributed by atoms with E-state index in [1.807, 2.05) is 12.1 Å². The minimum atomic E-state index is 0.443. The molecule has 0 saturated carbocycles. The van der Waals surface area contributed by atoms with E-state index in [4.69, 9.17) is 5.41 Å². The second kappa shape index (κ2) is 3.10. The molecule has 1 N–H and O–H groups in total. The Hall–Kier alpha value is -1.49. The molecule has 2 aromatic rings. The molecule has 13 heavy (non-hydrogen) atoms. The van der Waals surface area contributed by atoms with Gasteiger partial charge in [0.2, 0.25) is 0 Å². The van der Waals surface area contributed by atoms with Gasteiger partial charge in [-0.1, -0.05) is 11.3 Å². The highest BCUT2D eigenvalue weighted by Gasteiger charge is 2.02. The van der Waals surface area contributed by atoms with Crippen LogP contribution in [0.15, 0.2) is 24.5 Å². The molecular weight excluding hydrogens is 184 g/mol. The van der Waals surface area contributed by atoms with Gasteiger partial charge in [-0.3, -0.25) is 10.4 Å². The third-order valence-electron chi connectivity index (χ3n) is 1.64. The van der Waals surface area contributed by atoms with E-state index in [0.29, 0.717) is 4.80 Å². The van der Waals surface area contributed by atoms with Crippen LogP contribution in [-0.4, -0.2) is 14.8 Å². The van der Waals surface area contributed by atoms with Crippen molar-refractivity contribution in [3.63, 3.8) is 0 Å². The van der Waals surface area contributed by atoms with Gasteiger partial charge in [-0.05, 0) is 12.1 Å². The molecule has 0 fully saturated rings. The van der Waals surface area contributed by atoms with Crippen LogP contribution in [0.2, 0.25) is 0 Å². The minimum absolute atomic E-state index is 0.443. The number of aryl methyl sites for hydroxylation is 1. The van der Waals surface area contributed by atoms with Crippen molar-refractivity contribution in [2.45, 2.75) is 0 Å². The maximum Gasteiger partial charge on any atom is 0.200 e. The molecule has 0 saturated heterocycles. The Morgan fingerprint density at radius 3 is 2.92 bits per heavy atom. The maximum absolute atomic E-state index is 7.49. The summed E-state index contributed by atoms with van der Waals surface area (Å²) in [6.07, 6.45) is 3.47. The fourth-order valence-corrected chi connectivity index (χ4v) is 1.72. The van der Waals surface area contributed by atoms with E-state index in [0.717, 1.165) is 10.6 Å². The summed E-state index contributed by atoms with van der Waals surface area (Å²) in [7, 11) is 1.76. The third kappa shape index (κ3) is 1.50. The molecule has 0 spiro atoms. The summed E-state index contributed by atoms with van der Waals surface area (Å²) in [6, 6.07) is 3.80. The Balaban J connectivity index is 2.54. The fraction of sp³-hybridized carbons (Fsp3) is 0.125. The molecule has 0 aliphatic carbocycles. The first kappa shape index (κ1) is 8.12. The summed E-state index contributed by atoms with van der Waals surface area (Å²) in [5.74, 6) is 0. The summed E-state index contributed by atoms with van der Waals surface area (Å²) in [5.41, 5.74) is 0.960. The summed E-state index contributed by atoms with van der Waals surface area (Å²) >= 11 is 1.35. The first-order chi connectivity index (χ1) is 6.27. The number of rotatable bonds is 1. The van der Waals surface area contributed by atoms with Gasteiger partial charge >= 0.3 is 0 Å². The van der Waals surface area contributed by atoms with Crippen molar-refractivity contribution in [3.8, 4) is 10.6 Å². The van der Waals surface area contributed by atoms with Gasteiger partial charge in [-0.15, -0.1) is 0 Å². The van der Waals surface area contributed by atoms with Gasteiger partial charge in [-0.25, -0.2) is 4.68 Å². The van der Waals surface area contributed by atoms with E-state index in [9.17, 15) is 0 Å². The Kier molecular flexibility index (Phi) is 1.94. The molecule has 0 unspecified atom stereocenters. The Labute approximate surface area is 79.0 Å². The quantitative estimate of drug-likeness (QED) is 0.733. The summed E-state index contributed by atoms with van der Waals surface area (Å²) in [6.45, 7) is 0. The van der Waals surface area contributed by atoms with Crippen LogP contribution in [0.5, 0.6) is 0 Å². The van der Waals surface area contributed by atoms with Crippen molar-refractivity contribution in [3.05, 3.63) is 29.3 Å². The maximum atomic E-state index is 7.49.